The summed E-state index contributed by atoms with van der Waals surface area (Å²) in [6.07, 6.45) is 50.9. The van der Waals surface area contributed by atoms with Crippen LogP contribution in [0, 0.1) is 5.92 Å². The zero-order valence-corrected chi connectivity index (χ0v) is 40.9. The summed E-state index contributed by atoms with van der Waals surface area (Å²) >= 11 is 0. The van der Waals surface area contributed by atoms with E-state index in [1.807, 2.05) is 0 Å². The van der Waals surface area contributed by atoms with Crippen LogP contribution in [-0.4, -0.2) is 37.2 Å². The van der Waals surface area contributed by atoms with Gasteiger partial charge in [-0.15, -0.1) is 0 Å². The topological polar surface area (TPSA) is 78.9 Å². The Hall–Kier alpha value is -1.59. The van der Waals surface area contributed by atoms with Gasteiger partial charge in [-0.3, -0.25) is 14.4 Å². The molecule has 0 spiro atoms. The van der Waals surface area contributed by atoms with Gasteiger partial charge in [-0.25, -0.2) is 0 Å². The van der Waals surface area contributed by atoms with E-state index in [0.29, 0.717) is 19.3 Å². The number of unbranched alkanes of at least 4 members (excludes halogenated alkanes) is 36. The average molecular weight is 849 g/mol. The molecule has 6 nitrogen and oxygen atoms in total. The second-order valence-electron chi connectivity index (χ2n) is 19.0. The first kappa shape index (κ1) is 58.4. The molecule has 0 aliphatic carbocycles. The number of hydrogen-bond donors (Lipinski definition) is 0. The predicted octanol–water partition coefficient (Wildman–Crippen LogP) is 17.5. The van der Waals surface area contributed by atoms with Crippen LogP contribution in [0.4, 0.5) is 0 Å². The highest BCUT2D eigenvalue weighted by molar-refractivity contribution is 5.71. The Morgan fingerprint density at radius 3 is 0.817 bits per heavy atom. The second-order valence-corrected chi connectivity index (χ2v) is 19.0. The van der Waals surface area contributed by atoms with Crippen molar-refractivity contribution in [2.75, 3.05) is 13.2 Å². The van der Waals surface area contributed by atoms with Crippen LogP contribution in [0.25, 0.3) is 0 Å². The summed E-state index contributed by atoms with van der Waals surface area (Å²) in [5.74, 6) is 0.00235. The van der Waals surface area contributed by atoms with Crippen molar-refractivity contribution >= 4 is 17.9 Å². The maximum absolute atomic E-state index is 12.7. The Kier molecular flexibility index (Phi) is 47.2. The average Bonchev–Trinajstić information content (AvgIpc) is 3.23. The van der Waals surface area contributed by atoms with E-state index >= 15 is 0 Å². The van der Waals surface area contributed by atoms with Gasteiger partial charge in [-0.2, -0.15) is 0 Å². The summed E-state index contributed by atoms with van der Waals surface area (Å²) in [5.41, 5.74) is 0. The number of ether oxygens (including phenoxy) is 3. The monoisotopic (exact) mass is 849 g/mol. The van der Waals surface area contributed by atoms with Gasteiger partial charge in [0.15, 0.2) is 6.10 Å². The fraction of sp³-hybridized carbons (Fsp3) is 0.944. The fourth-order valence-corrected chi connectivity index (χ4v) is 8.22. The standard InChI is InChI=1S/C54H104O6/c1-5-7-9-11-13-15-17-18-19-23-26-30-33-37-41-45-52(55)58-48-51(60-54(57)47-43-39-35-29-16-14-12-10-8-6-2)49-59-53(56)46-42-38-34-31-27-24-21-20-22-25-28-32-36-40-44-50(3)4/h50-51H,5-49H2,1-4H3/t51-/m0/s1. The van der Waals surface area contributed by atoms with Gasteiger partial charge in [0.1, 0.15) is 13.2 Å². The van der Waals surface area contributed by atoms with Crippen LogP contribution in [0.15, 0.2) is 0 Å². The van der Waals surface area contributed by atoms with Gasteiger partial charge in [0.05, 0.1) is 0 Å². The van der Waals surface area contributed by atoms with Gasteiger partial charge in [-0.1, -0.05) is 265 Å². The van der Waals surface area contributed by atoms with Crippen molar-refractivity contribution in [3.63, 3.8) is 0 Å². The lowest BCUT2D eigenvalue weighted by molar-refractivity contribution is -0.167. The molecule has 0 aromatic rings. The third kappa shape index (κ3) is 47.5. The molecule has 6 heteroatoms. The summed E-state index contributed by atoms with van der Waals surface area (Å²) in [7, 11) is 0. The van der Waals surface area contributed by atoms with Crippen LogP contribution >= 0.6 is 0 Å². The van der Waals surface area contributed by atoms with Crippen molar-refractivity contribution in [3.8, 4) is 0 Å². The highest BCUT2D eigenvalue weighted by Crippen LogP contribution is 2.17. The molecule has 0 N–H and O–H groups in total. The first-order valence-corrected chi connectivity index (χ1v) is 26.9. The highest BCUT2D eigenvalue weighted by Gasteiger charge is 2.19. The van der Waals surface area contributed by atoms with Crippen LogP contribution in [0.2, 0.25) is 0 Å². The molecule has 60 heavy (non-hydrogen) atoms. The van der Waals surface area contributed by atoms with Crippen molar-refractivity contribution in [2.24, 2.45) is 5.92 Å². The highest BCUT2D eigenvalue weighted by atomic mass is 16.6. The van der Waals surface area contributed by atoms with Gasteiger partial charge in [0.2, 0.25) is 0 Å². The molecule has 0 aliphatic heterocycles. The Bertz CT molecular complexity index is 903. The Labute approximate surface area is 374 Å². The van der Waals surface area contributed by atoms with Crippen molar-refractivity contribution < 1.29 is 28.6 Å². The van der Waals surface area contributed by atoms with Crippen molar-refractivity contribution in [2.45, 2.75) is 310 Å². The molecule has 0 aliphatic rings. The van der Waals surface area contributed by atoms with Gasteiger partial charge >= 0.3 is 17.9 Å². The van der Waals surface area contributed by atoms with E-state index in [0.717, 1.165) is 63.7 Å². The van der Waals surface area contributed by atoms with Gasteiger partial charge < -0.3 is 14.2 Å². The molecule has 0 aromatic carbocycles. The summed E-state index contributed by atoms with van der Waals surface area (Å²) in [5, 5.41) is 0. The van der Waals surface area contributed by atoms with E-state index in [-0.39, 0.29) is 31.1 Å². The molecule has 0 amide bonds. The van der Waals surface area contributed by atoms with Crippen molar-refractivity contribution in [1.29, 1.82) is 0 Å². The van der Waals surface area contributed by atoms with Crippen LogP contribution in [0.3, 0.4) is 0 Å². The number of esters is 3. The first-order valence-electron chi connectivity index (χ1n) is 26.9. The smallest absolute Gasteiger partial charge is 0.306 e. The molecular weight excluding hydrogens is 745 g/mol. The molecular formula is C54H104O6. The zero-order chi connectivity index (χ0) is 43.8. The predicted molar refractivity (Wildman–Crippen MR) is 257 cm³/mol. The molecule has 0 aromatic heterocycles. The fourth-order valence-electron chi connectivity index (χ4n) is 8.22. The number of carbonyl (C=O) groups is 3. The largest absolute Gasteiger partial charge is 0.462 e. The molecule has 0 saturated carbocycles. The normalized spacial score (nSPS) is 11.9. The van der Waals surface area contributed by atoms with Gasteiger partial charge in [0.25, 0.3) is 0 Å². The minimum atomic E-state index is -0.760. The van der Waals surface area contributed by atoms with Crippen LogP contribution in [-0.2, 0) is 28.6 Å². The lowest BCUT2D eigenvalue weighted by atomic mass is 10.0. The van der Waals surface area contributed by atoms with E-state index in [1.165, 1.54) is 199 Å². The Balaban J connectivity index is 4.24. The third-order valence-corrected chi connectivity index (χ3v) is 12.3. The molecule has 1 atom stereocenters. The quantitative estimate of drug-likeness (QED) is 0.0345. The molecule has 0 fully saturated rings. The summed E-state index contributed by atoms with van der Waals surface area (Å²) in [6, 6.07) is 0. The summed E-state index contributed by atoms with van der Waals surface area (Å²) < 4.78 is 16.8. The summed E-state index contributed by atoms with van der Waals surface area (Å²) in [6.45, 7) is 9.04. The third-order valence-electron chi connectivity index (χ3n) is 12.3. The molecule has 0 bridgehead atoms. The molecule has 0 saturated heterocycles. The molecule has 0 rings (SSSR count). The maximum Gasteiger partial charge on any atom is 0.306 e. The van der Waals surface area contributed by atoms with E-state index in [2.05, 4.69) is 27.7 Å². The van der Waals surface area contributed by atoms with Crippen LogP contribution in [0.5, 0.6) is 0 Å². The number of hydrogen-bond acceptors (Lipinski definition) is 6. The molecule has 0 heterocycles. The SMILES string of the molecule is CCCCCCCCCCCCCCCCCC(=O)OC[C@@H](COC(=O)CCCCCCCCCCCCCCCCC(C)C)OC(=O)CCCCCCCCCCCC. The second kappa shape index (κ2) is 48.4. The Morgan fingerprint density at radius 1 is 0.317 bits per heavy atom. The molecule has 0 unspecified atom stereocenters. The first-order chi connectivity index (χ1) is 29.4. The molecule has 0 radical (unpaired) electrons. The zero-order valence-electron chi connectivity index (χ0n) is 40.9. The minimum Gasteiger partial charge on any atom is -0.462 e. The van der Waals surface area contributed by atoms with E-state index < -0.39 is 6.10 Å². The lowest BCUT2D eigenvalue weighted by Gasteiger charge is -2.18. The number of rotatable bonds is 49. The summed E-state index contributed by atoms with van der Waals surface area (Å²) in [4.78, 5) is 37.9. The lowest BCUT2D eigenvalue weighted by Crippen LogP contribution is -2.30. The maximum atomic E-state index is 12.7. The van der Waals surface area contributed by atoms with Crippen LogP contribution in [0.1, 0.15) is 304 Å². The van der Waals surface area contributed by atoms with E-state index in [9.17, 15) is 14.4 Å². The van der Waals surface area contributed by atoms with Crippen LogP contribution < -0.4 is 0 Å². The van der Waals surface area contributed by atoms with Crippen molar-refractivity contribution in [3.05, 3.63) is 0 Å². The minimum absolute atomic E-state index is 0.0624. The van der Waals surface area contributed by atoms with E-state index in [4.69, 9.17) is 14.2 Å². The Morgan fingerprint density at radius 2 is 0.550 bits per heavy atom. The van der Waals surface area contributed by atoms with Gasteiger partial charge in [-0.05, 0) is 25.2 Å². The van der Waals surface area contributed by atoms with Gasteiger partial charge in [0, 0.05) is 19.3 Å². The van der Waals surface area contributed by atoms with E-state index in [1.54, 1.807) is 0 Å². The molecule has 356 valence electrons. The van der Waals surface area contributed by atoms with Crippen molar-refractivity contribution in [1.82, 2.24) is 0 Å². The number of carbonyl (C=O) groups excluding carboxylic acids is 3.